The molecule has 1 heterocycles. The fourth-order valence-electron chi connectivity index (χ4n) is 4.93. The van der Waals surface area contributed by atoms with Gasteiger partial charge in [-0.25, -0.2) is 13.2 Å². The topological polar surface area (TPSA) is 108 Å². The zero-order valence-corrected chi connectivity index (χ0v) is 19.2. The molecule has 1 aliphatic heterocycles. The molecule has 0 saturated carbocycles. The van der Waals surface area contributed by atoms with E-state index in [4.69, 9.17) is 0 Å². The maximum Gasteiger partial charge on any atom is 0.338 e. The molecular formula is C24H31N3O4S. The van der Waals surface area contributed by atoms with Crippen molar-refractivity contribution >= 4 is 27.4 Å². The summed E-state index contributed by atoms with van der Waals surface area (Å²) < 4.78 is 29.2. The Hall–Kier alpha value is -2.58. The first-order chi connectivity index (χ1) is 15.4. The fraction of sp³-hybridized carbons (Fsp3) is 0.458. The molecule has 0 spiro atoms. The SMILES string of the molecule is C[C@@H]1CCCc2ccc(NS(=O)(=O)c3ccccc3NCC[C@@H]3CCCN3)c(C(=O)O)c21. The number of benzene rings is 2. The van der Waals surface area contributed by atoms with Gasteiger partial charge in [-0.3, -0.25) is 4.72 Å². The number of hydrogen-bond donors (Lipinski definition) is 4. The molecule has 7 nitrogen and oxygen atoms in total. The van der Waals surface area contributed by atoms with Crippen LogP contribution in [0.2, 0.25) is 0 Å². The third-order valence-corrected chi connectivity index (χ3v) is 7.94. The fourth-order valence-corrected chi connectivity index (χ4v) is 6.19. The minimum Gasteiger partial charge on any atom is -0.478 e. The number of aryl methyl sites for hydroxylation is 1. The first-order valence-corrected chi connectivity index (χ1v) is 12.8. The van der Waals surface area contributed by atoms with E-state index in [1.54, 1.807) is 30.3 Å². The number of fused-ring (bicyclic) bond motifs is 1. The molecule has 1 fully saturated rings. The molecule has 0 amide bonds. The average Bonchev–Trinajstić information content (AvgIpc) is 3.27. The molecule has 172 valence electrons. The van der Waals surface area contributed by atoms with E-state index in [0.29, 0.717) is 18.3 Å². The first kappa shape index (κ1) is 22.6. The summed E-state index contributed by atoms with van der Waals surface area (Å²) in [5.74, 6) is -1.03. The van der Waals surface area contributed by atoms with Gasteiger partial charge in [0.05, 0.1) is 16.9 Å². The zero-order valence-electron chi connectivity index (χ0n) is 18.4. The molecule has 2 aromatic rings. The van der Waals surface area contributed by atoms with Gasteiger partial charge in [-0.1, -0.05) is 25.1 Å². The molecule has 8 heteroatoms. The lowest BCUT2D eigenvalue weighted by Crippen LogP contribution is -2.24. The van der Waals surface area contributed by atoms with Gasteiger partial charge < -0.3 is 15.7 Å². The van der Waals surface area contributed by atoms with Crippen molar-refractivity contribution in [1.29, 1.82) is 0 Å². The quantitative estimate of drug-likeness (QED) is 0.474. The molecule has 1 saturated heterocycles. The molecule has 4 rings (SSSR count). The first-order valence-electron chi connectivity index (χ1n) is 11.3. The number of nitrogens with one attached hydrogen (secondary N) is 3. The van der Waals surface area contributed by atoms with Gasteiger partial charge in [0, 0.05) is 12.6 Å². The predicted molar refractivity (Wildman–Crippen MR) is 126 cm³/mol. The molecule has 0 radical (unpaired) electrons. The van der Waals surface area contributed by atoms with Gasteiger partial charge in [-0.15, -0.1) is 0 Å². The summed E-state index contributed by atoms with van der Waals surface area (Å²) in [5, 5.41) is 16.6. The van der Waals surface area contributed by atoms with Crippen molar-refractivity contribution < 1.29 is 18.3 Å². The average molecular weight is 458 g/mol. The van der Waals surface area contributed by atoms with Crippen molar-refractivity contribution in [1.82, 2.24) is 5.32 Å². The molecule has 2 aromatic carbocycles. The normalized spacial score (nSPS) is 20.5. The van der Waals surface area contributed by atoms with Gasteiger partial charge in [0.25, 0.3) is 10.0 Å². The smallest absolute Gasteiger partial charge is 0.338 e. The number of carbonyl (C=O) groups is 1. The predicted octanol–water partition coefficient (Wildman–Crippen LogP) is 4.18. The van der Waals surface area contributed by atoms with Crippen LogP contribution in [0.25, 0.3) is 0 Å². The number of hydrogen-bond acceptors (Lipinski definition) is 5. The second kappa shape index (κ2) is 9.50. The van der Waals surface area contributed by atoms with Crippen molar-refractivity contribution in [3.8, 4) is 0 Å². The van der Waals surface area contributed by atoms with Crippen molar-refractivity contribution in [2.75, 3.05) is 23.1 Å². The minimum absolute atomic E-state index is 0.0658. The summed E-state index contributed by atoms with van der Waals surface area (Å²) in [5.41, 5.74) is 2.44. The van der Waals surface area contributed by atoms with Crippen LogP contribution in [-0.2, 0) is 16.4 Å². The summed E-state index contributed by atoms with van der Waals surface area (Å²) in [6.07, 6.45) is 5.94. The lowest BCUT2D eigenvalue weighted by molar-refractivity contribution is 0.0696. The standard InChI is InChI=1S/C24H31N3O4S/c1-16-6-4-7-17-11-12-20(23(22(16)17)24(28)29)27-32(30,31)21-10-3-2-9-19(21)26-15-13-18-8-5-14-25-18/h2-3,9-12,16,18,25-27H,4-8,13-15H2,1H3,(H,28,29)/t16-,18+/m1/s1. The molecular weight excluding hydrogens is 426 g/mol. The van der Waals surface area contributed by atoms with Gasteiger partial charge in [-0.05, 0) is 80.3 Å². The van der Waals surface area contributed by atoms with Crippen LogP contribution in [0.4, 0.5) is 11.4 Å². The van der Waals surface area contributed by atoms with Crippen LogP contribution in [-0.4, -0.2) is 38.6 Å². The van der Waals surface area contributed by atoms with E-state index >= 15 is 0 Å². The Labute approximate surface area is 189 Å². The molecule has 0 aromatic heterocycles. The van der Waals surface area contributed by atoms with Gasteiger partial charge in [0.2, 0.25) is 0 Å². The largest absolute Gasteiger partial charge is 0.478 e. The highest BCUT2D eigenvalue weighted by Crippen LogP contribution is 2.38. The van der Waals surface area contributed by atoms with Crippen molar-refractivity contribution in [3.05, 3.63) is 53.1 Å². The molecule has 0 unspecified atom stereocenters. The van der Waals surface area contributed by atoms with Gasteiger partial charge in [0.1, 0.15) is 4.90 Å². The minimum atomic E-state index is -3.98. The number of para-hydroxylation sites is 1. The van der Waals surface area contributed by atoms with E-state index in [9.17, 15) is 18.3 Å². The number of anilines is 2. The second-order valence-corrected chi connectivity index (χ2v) is 10.4. The summed E-state index contributed by atoms with van der Waals surface area (Å²) in [4.78, 5) is 12.3. The Balaban J connectivity index is 1.60. The van der Waals surface area contributed by atoms with E-state index in [-0.39, 0.29) is 22.1 Å². The van der Waals surface area contributed by atoms with Crippen LogP contribution in [0.1, 0.15) is 66.4 Å². The summed E-state index contributed by atoms with van der Waals surface area (Å²) in [6, 6.07) is 10.6. The highest BCUT2D eigenvalue weighted by atomic mass is 32.2. The molecule has 1 aliphatic carbocycles. The van der Waals surface area contributed by atoms with Gasteiger partial charge >= 0.3 is 5.97 Å². The third-order valence-electron chi connectivity index (χ3n) is 6.52. The van der Waals surface area contributed by atoms with E-state index in [0.717, 1.165) is 49.8 Å². The monoisotopic (exact) mass is 457 g/mol. The van der Waals surface area contributed by atoms with Crippen LogP contribution >= 0.6 is 0 Å². The highest BCUT2D eigenvalue weighted by molar-refractivity contribution is 7.92. The highest BCUT2D eigenvalue weighted by Gasteiger charge is 2.28. The Morgan fingerprint density at radius 2 is 1.94 bits per heavy atom. The van der Waals surface area contributed by atoms with Crippen molar-refractivity contribution in [3.63, 3.8) is 0 Å². The molecule has 2 aliphatic rings. The Morgan fingerprint density at radius 1 is 1.12 bits per heavy atom. The van der Waals surface area contributed by atoms with Crippen LogP contribution in [0.15, 0.2) is 41.3 Å². The number of rotatable bonds is 8. The van der Waals surface area contributed by atoms with Gasteiger partial charge in [-0.2, -0.15) is 0 Å². The summed E-state index contributed by atoms with van der Waals surface area (Å²) in [7, 11) is -3.98. The molecule has 4 N–H and O–H groups in total. The second-order valence-electron chi connectivity index (χ2n) is 8.77. The zero-order chi connectivity index (χ0) is 22.7. The Bertz CT molecular complexity index is 1090. The Morgan fingerprint density at radius 3 is 2.69 bits per heavy atom. The number of carboxylic acid groups (broad SMARTS) is 1. The molecule has 0 bridgehead atoms. The van der Waals surface area contributed by atoms with Crippen molar-refractivity contribution in [2.24, 2.45) is 0 Å². The molecule has 2 atom stereocenters. The van der Waals surface area contributed by atoms with E-state index < -0.39 is 16.0 Å². The van der Waals surface area contributed by atoms with E-state index in [2.05, 4.69) is 15.4 Å². The van der Waals surface area contributed by atoms with Crippen molar-refractivity contribution in [2.45, 2.75) is 62.3 Å². The van der Waals surface area contributed by atoms with Crippen LogP contribution in [0.5, 0.6) is 0 Å². The van der Waals surface area contributed by atoms with Crippen LogP contribution in [0.3, 0.4) is 0 Å². The maximum atomic E-state index is 13.3. The van der Waals surface area contributed by atoms with E-state index in [1.165, 1.54) is 6.42 Å². The summed E-state index contributed by atoms with van der Waals surface area (Å²) >= 11 is 0. The lowest BCUT2D eigenvalue weighted by Gasteiger charge is -2.26. The van der Waals surface area contributed by atoms with Crippen LogP contribution < -0.4 is 15.4 Å². The number of aromatic carboxylic acids is 1. The summed E-state index contributed by atoms with van der Waals surface area (Å²) in [6.45, 7) is 3.69. The van der Waals surface area contributed by atoms with Gasteiger partial charge in [0.15, 0.2) is 0 Å². The Kier molecular flexibility index (Phi) is 6.71. The third kappa shape index (κ3) is 4.76. The van der Waals surface area contributed by atoms with E-state index in [1.807, 2.05) is 13.0 Å². The number of sulfonamides is 1. The number of carboxylic acids is 1. The molecule has 32 heavy (non-hydrogen) atoms. The lowest BCUT2D eigenvalue weighted by atomic mass is 9.80. The van der Waals surface area contributed by atoms with Crippen LogP contribution in [0, 0.1) is 0 Å². The maximum absolute atomic E-state index is 13.3.